The van der Waals surface area contributed by atoms with Crippen molar-refractivity contribution >= 4 is 16.9 Å². The summed E-state index contributed by atoms with van der Waals surface area (Å²) in [6.07, 6.45) is 0. The van der Waals surface area contributed by atoms with Gasteiger partial charge in [0.15, 0.2) is 11.5 Å². The van der Waals surface area contributed by atoms with Crippen molar-refractivity contribution in [3.63, 3.8) is 0 Å². The standard InChI is InChI=1S/C10H8O4.C2H4O2/c1-13-9-4-6-2-3-10(12)14-8(6)5-7(9)11;1-2(3)4/h2-5,11H,1H3;1H3,(H,3,4). The van der Waals surface area contributed by atoms with Gasteiger partial charge in [0.1, 0.15) is 5.58 Å². The van der Waals surface area contributed by atoms with Crippen LogP contribution in [0.4, 0.5) is 0 Å². The lowest BCUT2D eigenvalue weighted by Gasteiger charge is -2.03. The number of ether oxygens (including phenoxy) is 1. The van der Waals surface area contributed by atoms with Crippen molar-refractivity contribution in [3.8, 4) is 11.5 Å². The molecule has 1 heterocycles. The van der Waals surface area contributed by atoms with Gasteiger partial charge in [-0.2, -0.15) is 0 Å². The highest BCUT2D eigenvalue weighted by Gasteiger charge is 2.05. The van der Waals surface area contributed by atoms with E-state index in [2.05, 4.69) is 0 Å². The van der Waals surface area contributed by atoms with Crippen LogP contribution in [0.5, 0.6) is 11.5 Å². The number of phenols is 1. The molecule has 1 aromatic heterocycles. The molecular weight excluding hydrogens is 240 g/mol. The second-order valence-corrected chi connectivity index (χ2v) is 3.34. The maximum Gasteiger partial charge on any atom is 0.336 e. The van der Waals surface area contributed by atoms with E-state index in [9.17, 15) is 9.90 Å². The molecule has 0 aliphatic carbocycles. The Balaban J connectivity index is 0.000000357. The first kappa shape index (κ1) is 13.6. The highest BCUT2D eigenvalue weighted by Crippen LogP contribution is 2.30. The van der Waals surface area contributed by atoms with E-state index in [1.54, 1.807) is 12.1 Å². The van der Waals surface area contributed by atoms with Crippen molar-refractivity contribution in [2.75, 3.05) is 7.11 Å². The van der Waals surface area contributed by atoms with Gasteiger partial charge < -0.3 is 19.4 Å². The zero-order valence-corrected chi connectivity index (χ0v) is 9.84. The first-order valence-corrected chi connectivity index (χ1v) is 4.94. The van der Waals surface area contributed by atoms with Gasteiger partial charge in [-0.25, -0.2) is 4.79 Å². The average Bonchev–Trinajstić information content (AvgIpc) is 2.27. The van der Waals surface area contributed by atoms with Crippen LogP contribution < -0.4 is 10.4 Å². The van der Waals surface area contributed by atoms with Gasteiger partial charge in [0.25, 0.3) is 5.97 Å². The van der Waals surface area contributed by atoms with Gasteiger partial charge in [-0.1, -0.05) is 0 Å². The van der Waals surface area contributed by atoms with Crippen molar-refractivity contribution < 1.29 is 24.2 Å². The molecule has 6 nitrogen and oxygen atoms in total. The quantitative estimate of drug-likeness (QED) is 0.748. The number of aromatic hydroxyl groups is 1. The number of phenolic OH excluding ortho intramolecular Hbond substituents is 1. The summed E-state index contributed by atoms with van der Waals surface area (Å²) in [7, 11) is 1.46. The highest BCUT2D eigenvalue weighted by atomic mass is 16.5. The van der Waals surface area contributed by atoms with Crippen LogP contribution in [-0.4, -0.2) is 23.3 Å². The van der Waals surface area contributed by atoms with E-state index in [4.69, 9.17) is 19.1 Å². The molecule has 0 bridgehead atoms. The molecule has 0 aliphatic rings. The zero-order valence-electron chi connectivity index (χ0n) is 9.84. The molecule has 0 saturated heterocycles. The van der Waals surface area contributed by atoms with Gasteiger partial charge >= 0.3 is 5.63 Å². The van der Waals surface area contributed by atoms with Crippen LogP contribution in [0.25, 0.3) is 11.0 Å². The molecule has 1 aromatic carbocycles. The summed E-state index contributed by atoms with van der Waals surface area (Å²) in [5.41, 5.74) is -0.0992. The maximum absolute atomic E-state index is 10.9. The Bertz CT molecular complexity index is 609. The molecule has 0 amide bonds. The van der Waals surface area contributed by atoms with Crippen LogP contribution in [0.15, 0.2) is 33.5 Å². The van der Waals surface area contributed by atoms with Gasteiger partial charge in [0.05, 0.1) is 7.11 Å². The minimum atomic E-state index is -0.833. The zero-order chi connectivity index (χ0) is 13.7. The predicted octanol–water partition coefficient (Wildman–Crippen LogP) is 1.60. The van der Waals surface area contributed by atoms with Gasteiger partial charge in [-0.3, -0.25) is 4.79 Å². The van der Waals surface area contributed by atoms with E-state index in [1.807, 2.05) is 0 Å². The van der Waals surface area contributed by atoms with Gasteiger partial charge in [0, 0.05) is 24.4 Å². The van der Waals surface area contributed by atoms with Crippen LogP contribution in [-0.2, 0) is 4.79 Å². The number of hydrogen-bond donors (Lipinski definition) is 2. The van der Waals surface area contributed by atoms with Crippen molar-refractivity contribution in [2.24, 2.45) is 0 Å². The Kier molecular flexibility index (Phi) is 4.31. The fourth-order valence-electron chi connectivity index (χ4n) is 1.25. The number of fused-ring (bicyclic) bond motifs is 1. The monoisotopic (exact) mass is 252 g/mol. The molecule has 18 heavy (non-hydrogen) atoms. The summed E-state index contributed by atoms with van der Waals surface area (Å²) >= 11 is 0. The van der Waals surface area contributed by atoms with Crippen molar-refractivity contribution in [3.05, 3.63) is 34.7 Å². The average molecular weight is 252 g/mol. The Morgan fingerprint density at radius 3 is 2.50 bits per heavy atom. The molecule has 0 aliphatic heterocycles. The van der Waals surface area contributed by atoms with Gasteiger partial charge in [-0.05, 0) is 12.1 Å². The van der Waals surface area contributed by atoms with Crippen LogP contribution in [0.3, 0.4) is 0 Å². The van der Waals surface area contributed by atoms with E-state index >= 15 is 0 Å². The SMILES string of the molecule is CC(=O)O.COc1cc2ccc(=O)oc2cc1O. The van der Waals surface area contributed by atoms with E-state index < -0.39 is 11.6 Å². The van der Waals surface area contributed by atoms with Crippen LogP contribution in [0.2, 0.25) is 0 Å². The van der Waals surface area contributed by atoms with E-state index in [1.165, 1.54) is 19.2 Å². The molecule has 0 atom stereocenters. The van der Waals surface area contributed by atoms with Gasteiger partial charge in [0.2, 0.25) is 0 Å². The summed E-state index contributed by atoms with van der Waals surface area (Å²) in [5, 5.41) is 17.5. The third-order valence-corrected chi connectivity index (χ3v) is 1.92. The van der Waals surface area contributed by atoms with Crippen molar-refractivity contribution in [1.29, 1.82) is 0 Å². The third kappa shape index (κ3) is 3.51. The fourth-order valence-corrected chi connectivity index (χ4v) is 1.25. The van der Waals surface area contributed by atoms with Crippen LogP contribution in [0.1, 0.15) is 6.92 Å². The Morgan fingerprint density at radius 2 is 1.94 bits per heavy atom. The molecule has 0 unspecified atom stereocenters. The number of carboxylic acids is 1. The van der Waals surface area contributed by atoms with Crippen LogP contribution in [0, 0.1) is 0 Å². The summed E-state index contributed by atoms with van der Waals surface area (Å²) in [5.74, 6) is -0.527. The second-order valence-electron chi connectivity index (χ2n) is 3.34. The molecule has 0 radical (unpaired) electrons. The Labute approximate surface area is 102 Å². The number of hydrogen-bond acceptors (Lipinski definition) is 5. The molecule has 6 heteroatoms. The lowest BCUT2D eigenvalue weighted by atomic mass is 10.2. The maximum atomic E-state index is 10.9. The number of carbonyl (C=O) groups is 1. The fraction of sp³-hybridized carbons (Fsp3) is 0.167. The van der Waals surface area contributed by atoms with E-state index in [0.29, 0.717) is 16.7 Å². The number of benzene rings is 1. The molecule has 2 aromatic rings. The summed E-state index contributed by atoms with van der Waals surface area (Å²) in [6, 6.07) is 5.89. The largest absolute Gasteiger partial charge is 0.504 e. The minimum absolute atomic E-state index is 0.0469. The van der Waals surface area contributed by atoms with E-state index in [0.717, 1.165) is 6.92 Å². The smallest absolute Gasteiger partial charge is 0.336 e. The molecule has 2 N–H and O–H groups in total. The Hall–Kier alpha value is -2.50. The van der Waals surface area contributed by atoms with Crippen molar-refractivity contribution in [1.82, 2.24) is 0 Å². The second kappa shape index (κ2) is 5.72. The number of carboxylic acid groups (broad SMARTS) is 1. The first-order valence-electron chi connectivity index (χ1n) is 4.94. The predicted molar refractivity (Wildman–Crippen MR) is 64.0 cm³/mol. The van der Waals surface area contributed by atoms with Gasteiger partial charge in [-0.15, -0.1) is 0 Å². The van der Waals surface area contributed by atoms with Crippen LogP contribution >= 0.6 is 0 Å². The van der Waals surface area contributed by atoms with Crippen molar-refractivity contribution in [2.45, 2.75) is 6.92 Å². The molecule has 96 valence electrons. The summed E-state index contributed by atoms with van der Waals surface area (Å²) < 4.78 is 9.78. The highest BCUT2D eigenvalue weighted by molar-refractivity contribution is 5.80. The lowest BCUT2D eigenvalue weighted by molar-refractivity contribution is -0.134. The number of rotatable bonds is 1. The minimum Gasteiger partial charge on any atom is -0.504 e. The lowest BCUT2D eigenvalue weighted by Crippen LogP contribution is -1.94. The third-order valence-electron chi connectivity index (χ3n) is 1.92. The first-order chi connectivity index (χ1) is 8.43. The van der Waals surface area contributed by atoms with E-state index in [-0.39, 0.29) is 5.75 Å². The molecular formula is C12H12O6. The molecule has 0 spiro atoms. The summed E-state index contributed by atoms with van der Waals surface area (Å²) in [4.78, 5) is 19.9. The number of methoxy groups -OCH3 is 1. The topological polar surface area (TPSA) is 97.0 Å². The molecule has 0 fully saturated rings. The normalized spacial score (nSPS) is 9.44. The molecule has 0 saturated carbocycles. The Morgan fingerprint density at radius 1 is 1.33 bits per heavy atom. The summed E-state index contributed by atoms with van der Waals surface area (Å²) in [6.45, 7) is 1.08. The molecule has 2 rings (SSSR count). The number of aliphatic carboxylic acids is 1.